The molecule has 0 aromatic heterocycles. The second-order valence-corrected chi connectivity index (χ2v) is 4.19. The van der Waals surface area contributed by atoms with Crippen molar-refractivity contribution in [1.29, 1.82) is 0 Å². The van der Waals surface area contributed by atoms with Gasteiger partial charge in [-0.3, -0.25) is 10.4 Å². The number of nitrogens with one attached hydrogen (secondary N) is 2. The van der Waals surface area contributed by atoms with Crippen LogP contribution in [0.25, 0.3) is 0 Å². The Hall–Kier alpha value is -2.07. The lowest BCUT2D eigenvalue weighted by molar-refractivity contribution is 0.0292. The topological polar surface area (TPSA) is 134 Å². The molecule has 1 aromatic carbocycles. The van der Waals surface area contributed by atoms with Gasteiger partial charge in [0.2, 0.25) is 0 Å². The Kier molecular flexibility index (Phi) is 5.53. The van der Waals surface area contributed by atoms with E-state index in [-0.39, 0.29) is 28.3 Å². The first-order valence-corrected chi connectivity index (χ1v) is 5.88. The molecule has 20 heavy (non-hydrogen) atoms. The highest BCUT2D eigenvalue weighted by Crippen LogP contribution is 2.26. The van der Waals surface area contributed by atoms with Crippen LogP contribution in [0.2, 0.25) is 0 Å². The summed E-state index contributed by atoms with van der Waals surface area (Å²) in [6.07, 6.45) is 0.731. The molecule has 0 saturated heterocycles. The summed E-state index contributed by atoms with van der Waals surface area (Å²) in [7, 11) is 0. The Labute approximate surface area is 115 Å². The van der Waals surface area contributed by atoms with E-state index in [0.29, 0.717) is 0 Å². The smallest absolute Gasteiger partial charge is 0.319 e. The zero-order chi connectivity index (χ0) is 15.3. The number of benzene rings is 1. The van der Waals surface area contributed by atoms with E-state index in [1.165, 1.54) is 6.07 Å². The number of rotatable bonds is 5. The molecule has 0 aliphatic carbocycles. The summed E-state index contributed by atoms with van der Waals surface area (Å²) in [5, 5.41) is 43.3. The fourth-order valence-corrected chi connectivity index (χ4v) is 1.38. The zero-order valence-electron chi connectivity index (χ0n) is 11.0. The molecule has 1 rings (SSSR count). The van der Waals surface area contributed by atoms with Crippen LogP contribution in [0.1, 0.15) is 20.3 Å². The maximum absolute atomic E-state index is 11.6. The van der Waals surface area contributed by atoms with E-state index in [2.05, 4.69) is 10.6 Å². The summed E-state index contributed by atoms with van der Waals surface area (Å²) in [4.78, 5) is 11.6. The van der Waals surface area contributed by atoms with Crippen LogP contribution in [0.15, 0.2) is 18.2 Å². The fraction of sp³-hybridized carbons (Fsp3) is 0.364. The van der Waals surface area contributed by atoms with Crippen molar-refractivity contribution in [3.05, 3.63) is 28.6 Å². The standard InChI is InChI=1S/C11H16N4O5/c1-3-7(2)12-11(16)13-8-4-9(14(17)18)6-10(5-8)15(19)20/h4-7,17-18H,3H2,1-2H3,(H2,12,13,16)/q-2/t7-/m1/s1. The number of hydrogen-bond acceptors (Lipinski definition) is 7. The number of urea groups is 1. The molecule has 0 heterocycles. The van der Waals surface area contributed by atoms with Crippen molar-refractivity contribution in [3.8, 4) is 0 Å². The van der Waals surface area contributed by atoms with E-state index in [9.17, 15) is 15.2 Å². The van der Waals surface area contributed by atoms with Crippen LogP contribution in [0.3, 0.4) is 0 Å². The summed E-state index contributed by atoms with van der Waals surface area (Å²) in [6, 6.07) is 2.66. The van der Waals surface area contributed by atoms with E-state index in [1.807, 2.05) is 13.8 Å². The third kappa shape index (κ3) is 4.55. The van der Waals surface area contributed by atoms with Crippen LogP contribution in [0, 0.1) is 10.4 Å². The lowest BCUT2D eigenvalue weighted by Gasteiger charge is -2.38. The van der Waals surface area contributed by atoms with Crippen molar-refractivity contribution in [1.82, 2.24) is 5.32 Å². The number of carbonyl (C=O) groups excluding carboxylic acids is 1. The second kappa shape index (κ2) is 6.91. The van der Waals surface area contributed by atoms with E-state index >= 15 is 0 Å². The summed E-state index contributed by atoms with van der Waals surface area (Å²) >= 11 is 0. The highest BCUT2D eigenvalue weighted by molar-refractivity contribution is 5.91. The van der Waals surface area contributed by atoms with Gasteiger partial charge in [-0.1, -0.05) is 6.92 Å². The van der Waals surface area contributed by atoms with Crippen LogP contribution < -0.4 is 21.1 Å². The number of carbonyl (C=O) groups is 1. The van der Waals surface area contributed by atoms with E-state index in [0.717, 1.165) is 18.6 Å². The molecule has 0 bridgehead atoms. The van der Waals surface area contributed by atoms with Crippen LogP contribution >= 0.6 is 0 Å². The van der Waals surface area contributed by atoms with Gasteiger partial charge in [0.15, 0.2) is 0 Å². The molecule has 0 unspecified atom stereocenters. The Balaban J connectivity index is 2.91. The monoisotopic (exact) mass is 284 g/mol. The average molecular weight is 284 g/mol. The maximum Gasteiger partial charge on any atom is 0.319 e. The maximum atomic E-state index is 11.6. The van der Waals surface area contributed by atoms with Crippen molar-refractivity contribution in [3.63, 3.8) is 0 Å². The average Bonchev–Trinajstić information content (AvgIpc) is 2.37. The predicted octanol–water partition coefficient (Wildman–Crippen LogP) is 1.99. The summed E-state index contributed by atoms with van der Waals surface area (Å²) in [6.45, 7) is 3.70. The summed E-state index contributed by atoms with van der Waals surface area (Å²) in [5.41, 5.74) is -0.546. The minimum atomic E-state index is -0.704. The van der Waals surface area contributed by atoms with Crippen LogP contribution in [0.5, 0.6) is 0 Å². The van der Waals surface area contributed by atoms with E-state index in [1.54, 1.807) is 0 Å². The normalized spacial score (nSPS) is 11.7. The summed E-state index contributed by atoms with van der Waals surface area (Å²) < 4.78 is 0. The first kappa shape index (κ1) is 16.0. The minimum Gasteiger partial charge on any atom is -0.769 e. The fourth-order valence-electron chi connectivity index (χ4n) is 1.38. The molecule has 0 aliphatic heterocycles. The zero-order valence-corrected chi connectivity index (χ0v) is 11.0. The summed E-state index contributed by atoms with van der Waals surface area (Å²) in [5.74, 6) is 0. The number of anilines is 3. The Morgan fingerprint density at radius 1 is 1.30 bits per heavy atom. The van der Waals surface area contributed by atoms with Gasteiger partial charge in [0.25, 0.3) is 0 Å². The van der Waals surface area contributed by atoms with Gasteiger partial charge in [-0.05, 0) is 31.5 Å². The third-order valence-electron chi connectivity index (χ3n) is 2.59. The molecule has 9 heteroatoms. The molecule has 0 radical (unpaired) electrons. The molecule has 0 saturated carbocycles. The molecule has 2 amide bonds. The van der Waals surface area contributed by atoms with E-state index in [4.69, 9.17) is 10.4 Å². The van der Waals surface area contributed by atoms with Crippen molar-refractivity contribution in [2.45, 2.75) is 26.3 Å². The van der Waals surface area contributed by atoms with Gasteiger partial charge in [0.1, 0.15) is 0 Å². The van der Waals surface area contributed by atoms with E-state index < -0.39 is 11.3 Å². The van der Waals surface area contributed by atoms with Crippen molar-refractivity contribution in [2.24, 2.45) is 0 Å². The van der Waals surface area contributed by atoms with Gasteiger partial charge in [-0.15, -0.1) is 5.23 Å². The second-order valence-electron chi connectivity index (χ2n) is 4.19. The van der Waals surface area contributed by atoms with Gasteiger partial charge in [-0.2, -0.15) is 0 Å². The molecule has 0 spiro atoms. The SMILES string of the molecule is CC[C@@H](C)NC(=O)Nc1cc(N([O-])[O-])cc(N(O)O)c1. The van der Waals surface area contributed by atoms with Crippen LogP contribution in [0.4, 0.5) is 21.9 Å². The van der Waals surface area contributed by atoms with Crippen molar-refractivity contribution < 1.29 is 15.2 Å². The molecule has 0 aliphatic rings. The van der Waals surface area contributed by atoms with Crippen LogP contribution in [-0.2, 0) is 0 Å². The van der Waals surface area contributed by atoms with Gasteiger partial charge in [0, 0.05) is 17.4 Å². The number of amides is 2. The van der Waals surface area contributed by atoms with Gasteiger partial charge in [-0.25, -0.2) is 4.79 Å². The quantitative estimate of drug-likeness (QED) is 0.607. The lowest BCUT2D eigenvalue weighted by Crippen LogP contribution is -2.35. The largest absolute Gasteiger partial charge is 0.769 e. The predicted molar refractivity (Wildman–Crippen MR) is 73.6 cm³/mol. The number of nitrogens with zero attached hydrogens (tertiary/aromatic N) is 2. The van der Waals surface area contributed by atoms with Gasteiger partial charge >= 0.3 is 6.03 Å². The van der Waals surface area contributed by atoms with Crippen molar-refractivity contribution >= 4 is 23.1 Å². The Morgan fingerprint density at radius 3 is 2.40 bits per heavy atom. The molecule has 1 aromatic rings. The molecular formula is C11H16N4O5-2. The molecular weight excluding hydrogens is 268 g/mol. The third-order valence-corrected chi connectivity index (χ3v) is 2.59. The molecule has 4 N–H and O–H groups in total. The minimum absolute atomic E-state index is 0.0552. The highest BCUT2D eigenvalue weighted by Gasteiger charge is 2.09. The van der Waals surface area contributed by atoms with Crippen LogP contribution in [-0.4, -0.2) is 22.5 Å². The lowest BCUT2D eigenvalue weighted by atomic mass is 10.2. The first-order chi connectivity index (χ1) is 9.33. The highest BCUT2D eigenvalue weighted by atomic mass is 16.8. The molecule has 0 fully saturated rings. The number of hydrogen-bond donors (Lipinski definition) is 4. The Morgan fingerprint density at radius 2 is 1.90 bits per heavy atom. The Bertz CT molecular complexity index is 440. The van der Waals surface area contributed by atoms with Gasteiger partial charge < -0.3 is 26.3 Å². The first-order valence-electron chi connectivity index (χ1n) is 5.88. The molecule has 9 nitrogen and oxygen atoms in total. The van der Waals surface area contributed by atoms with Gasteiger partial charge in [0.05, 0.1) is 5.69 Å². The molecule has 1 atom stereocenters. The van der Waals surface area contributed by atoms with Crippen molar-refractivity contribution in [2.75, 3.05) is 15.8 Å². The molecule has 112 valence electrons.